The third kappa shape index (κ3) is 6.79. The smallest absolute Gasteiger partial charge is 0.237 e. The number of nitrogens with one attached hydrogen (secondary N) is 1. The fourth-order valence-electron chi connectivity index (χ4n) is 1.12. The number of thioether (sulfide) groups is 1. The fourth-order valence-corrected chi connectivity index (χ4v) is 1.93. The SMILES string of the molecule is CCSCCC(C)NC(=O)C(N)C(C)C. The largest absolute Gasteiger partial charge is 0.352 e. The predicted octanol–water partition coefficient (Wildman–Crippen LogP) is 1.62. The van der Waals surface area contributed by atoms with Gasteiger partial charge in [0, 0.05) is 6.04 Å². The molecule has 0 rings (SSSR count). The van der Waals surface area contributed by atoms with Crippen LogP contribution in [0.25, 0.3) is 0 Å². The normalized spacial score (nSPS) is 15.1. The first-order valence-corrected chi connectivity index (χ1v) is 6.78. The van der Waals surface area contributed by atoms with Crippen LogP contribution in [0.2, 0.25) is 0 Å². The number of nitrogens with two attached hydrogens (primary N) is 1. The average Bonchev–Trinajstić information content (AvgIpc) is 2.16. The highest BCUT2D eigenvalue weighted by atomic mass is 32.2. The molecule has 0 aromatic rings. The fraction of sp³-hybridized carbons (Fsp3) is 0.909. The minimum Gasteiger partial charge on any atom is -0.352 e. The quantitative estimate of drug-likeness (QED) is 0.656. The van der Waals surface area contributed by atoms with Crippen LogP contribution >= 0.6 is 11.8 Å². The van der Waals surface area contributed by atoms with Crippen LogP contribution in [0, 0.1) is 5.92 Å². The highest BCUT2D eigenvalue weighted by Crippen LogP contribution is 2.05. The predicted molar refractivity (Wildman–Crippen MR) is 68.0 cm³/mol. The Kier molecular flexibility index (Phi) is 7.88. The monoisotopic (exact) mass is 232 g/mol. The maximum absolute atomic E-state index is 11.6. The zero-order valence-electron chi connectivity index (χ0n) is 10.2. The highest BCUT2D eigenvalue weighted by Gasteiger charge is 2.18. The molecule has 0 aliphatic heterocycles. The van der Waals surface area contributed by atoms with Crippen molar-refractivity contribution in [2.24, 2.45) is 11.7 Å². The summed E-state index contributed by atoms with van der Waals surface area (Å²) in [6.07, 6.45) is 1.01. The van der Waals surface area contributed by atoms with Crippen molar-refractivity contribution in [3.8, 4) is 0 Å². The van der Waals surface area contributed by atoms with Crippen LogP contribution in [0.3, 0.4) is 0 Å². The molecule has 0 aromatic carbocycles. The average molecular weight is 232 g/mol. The molecule has 90 valence electrons. The van der Waals surface area contributed by atoms with Crippen molar-refractivity contribution in [3.63, 3.8) is 0 Å². The van der Waals surface area contributed by atoms with Gasteiger partial charge in [-0.25, -0.2) is 0 Å². The zero-order valence-corrected chi connectivity index (χ0v) is 11.1. The third-order valence-corrected chi connectivity index (χ3v) is 3.24. The molecule has 2 atom stereocenters. The Morgan fingerprint density at radius 1 is 1.40 bits per heavy atom. The highest BCUT2D eigenvalue weighted by molar-refractivity contribution is 7.99. The molecular formula is C11H24N2OS. The van der Waals surface area contributed by atoms with Crippen molar-refractivity contribution in [1.29, 1.82) is 0 Å². The van der Waals surface area contributed by atoms with Crippen molar-refractivity contribution >= 4 is 17.7 Å². The van der Waals surface area contributed by atoms with E-state index in [-0.39, 0.29) is 23.9 Å². The Bertz CT molecular complexity index is 185. The van der Waals surface area contributed by atoms with Crippen molar-refractivity contribution < 1.29 is 4.79 Å². The number of hydrogen-bond donors (Lipinski definition) is 2. The van der Waals surface area contributed by atoms with E-state index >= 15 is 0 Å². The summed E-state index contributed by atoms with van der Waals surface area (Å²) in [5, 5.41) is 2.94. The number of carbonyl (C=O) groups excluding carboxylic acids is 1. The van der Waals surface area contributed by atoms with E-state index in [1.165, 1.54) is 0 Å². The number of amides is 1. The molecule has 0 radical (unpaired) electrons. The van der Waals surface area contributed by atoms with E-state index in [9.17, 15) is 4.79 Å². The lowest BCUT2D eigenvalue weighted by Gasteiger charge is -2.19. The standard InChI is InChI=1S/C11H24N2OS/c1-5-15-7-6-9(4)13-11(14)10(12)8(2)3/h8-10H,5-7,12H2,1-4H3,(H,13,14). The molecule has 15 heavy (non-hydrogen) atoms. The molecule has 0 aromatic heterocycles. The second kappa shape index (κ2) is 7.99. The van der Waals surface area contributed by atoms with Crippen LogP contribution in [0.5, 0.6) is 0 Å². The summed E-state index contributed by atoms with van der Waals surface area (Å²) >= 11 is 1.90. The molecule has 3 nitrogen and oxygen atoms in total. The lowest BCUT2D eigenvalue weighted by Crippen LogP contribution is -2.47. The van der Waals surface area contributed by atoms with Crippen LogP contribution in [0.4, 0.5) is 0 Å². The first-order chi connectivity index (χ1) is 6.99. The Morgan fingerprint density at radius 3 is 2.47 bits per heavy atom. The van der Waals surface area contributed by atoms with Crippen LogP contribution in [0.1, 0.15) is 34.1 Å². The van der Waals surface area contributed by atoms with Crippen LogP contribution in [-0.4, -0.2) is 29.5 Å². The lowest BCUT2D eigenvalue weighted by atomic mass is 10.0. The van der Waals surface area contributed by atoms with E-state index < -0.39 is 0 Å². The molecule has 2 unspecified atom stereocenters. The maximum atomic E-state index is 11.6. The molecular weight excluding hydrogens is 208 g/mol. The third-order valence-electron chi connectivity index (χ3n) is 2.31. The molecule has 0 bridgehead atoms. The molecule has 4 heteroatoms. The number of rotatable bonds is 7. The van der Waals surface area contributed by atoms with Crippen molar-refractivity contribution in [3.05, 3.63) is 0 Å². The summed E-state index contributed by atoms with van der Waals surface area (Å²) in [5.74, 6) is 2.39. The van der Waals surface area contributed by atoms with E-state index in [0.717, 1.165) is 17.9 Å². The van der Waals surface area contributed by atoms with Gasteiger partial charge in [-0.15, -0.1) is 0 Å². The van der Waals surface area contributed by atoms with Crippen LogP contribution < -0.4 is 11.1 Å². The van der Waals surface area contributed by atoms with Gasteiger partial charge in [-0.3, -0.25) is 4.79 Å². The van der Waals surface area contributed by atoms with Crippen molar-refractivity contribution in [2.45, 2.75) is 46.2 Å². The van der Waals surface area contributed by atoms with Gasteiger partial charge in [-0.2, -0.15) is 11.8 Å². The van der Waals surface area contributed by atoms with E-state index in [0.29, 0.717) is 0 Å². The summed E-state index contributed by atoms with van der Waals surface area (Å²) < 4.78 is 0. The minimum atomic E-state index is -0.383. The van der Waals surface area contributed by atoms with E-state index in [1.54, 1.807) is 0 Å². The van der Waals surface area contributed by atoms with Crippen molar-refractivity contribution in [2.75, 3.05) is 11.5 Å². The Balaban J connectivity index is 3.75. The summed E-state index contributed by atoms with van der Waals surface area (Å²) in [4.78, 5) is 11.6. The van der Waals surface area contributed by atoms with E-state index in [2.05, 4.69) is 12.2 Å². The molecule has 0 spiro atoms. The molecule has 0 heterocycles. The Morgan fingerprint density at radius 2 is 2.00 bits per heavy atom. The topological polar surface area (TPSA) is 55.1 Å². The number of carbonyl (C=O) groups is 1. The van der Waals surface area contributed by atoms with Crippen molar-refractivity contribution in [1.82, 2.24) is 5.32 Å². The summed E-state index contributed by atoms with van der Waals surface area (Å²) in [6, 6.07) is -0.160. The molecule has 0 aliphatic carbocycles. The van der Waals surface area contributed by atoms with Gasteiger partial charge < -0.3 is 11.1 Å². The first-order valence-electron chi connectivity index (χ1n) is 5.62. The Hall–Kier alpha value is -0.220. The van der Waals surface area contributed by atoms with Gasteiger partial charge in [0.1, 0.15) is 0 Å². The van der Waals surface area contributed by atoms with Gasteiger partial charge in [-0.1, -0.05) is 20.8 Å². The van der Waals surface area contributed by atoms with Crippen LogP contribution in [-0.2, 0) is 4.79 Å². The molecule has 0 fully saturated rings. The lowest BCUT2D eigenvalue weighted by molar-refractivity contribution is -0.123. The Labute approximate surface area is 97.6 Å². The molecule has 1 amide bonds. The van der Waals surface area contributed by atoms with Crippen LogP contribution in [0.15, 0.2) is 0 Å². The van der Waals surface area contributed by atoms with Gasteiger partial charge in [-0.05, 0) is 30.8 Å². The summed E-state index contributed by atoms with van der Waals surface area (Å²) in [6.45, 7) is 8.09. The van der Waals surface area contributed by atoms with Gasteiger partial charge in [0.05, 0.1) is 6.04 Å². The van der Waals surface area contributed by atoms with Gasteiger partial charge in [0.25, 0.3) is 0 Å². The van der Waals surface area contributed by atoms with E-state index in [4.69, 9.17) is 5.73 Å². The molecule has 0 saturated heterocycles. The van der Waals surface area contributed by atoms with Gasteiger partial charge in [0.2, 0.25) is 5.91 Å². The van der Waals surface area contributed by atoms with Gasteiger partial charge >= 0.3 is 0 Å². The minimum absolute atomic E-state index is 0.0287. The zero-order chi connectivity index (χ0) is 11.8. The molecule has 0 aliphatic rings. The van der Waals surface area contributed by atoms with Gasteiger partial charge in [0.15, 0.2) is 0 Å². The summed E-state index contributed by atoms with van der Waals surface area (Å²) in [7, 11) is 0. The second-order valence-corrected chi connectivity index (χ2v) is 5.56. The van der Waals surface area contributed by atoms with E-state index in [1.807, 2.05) is 32.5 Å². The number of hydrogen-bond acceptors (Lipinski definition) is 3. The molecule has 3 N–H and O–H groups in total. The molecule has 0 saturated carbocycles. The maximum Gasteiger partial charge on any atom is 0.237 e. The summed E-state index contributed by atoms with van der Waals surface area (Å²) in [5.41, 5.74) is 5.75. The second-order valence-electron chi connectivity index (χ2n) is 4.17. The first kappa shape index (κ1) is 14.8.